The minimum Gasteiger partial charge on any atom is -0.478 e. The molecule has 4 N–H and O–H groups in total. The molecule has 0 aliphatic heterocycles. The fourth-order valence-electron chi connectivity index (χ4n) is 0.958. The summed E-state index contributed by atoms with van der Waals surface area (Å²) in [6.45, 7) is 7.10. The molecule has 8 nitrogen and oxygen atoms in total. The van der Waals surface area contributed by atoms with Gasteiger partial charge in [-0.15, -0.1) is 0 Å². The molecule has 0 fully saturated rings. The van der Waals surface area contributed by atoms with Crippen LogP contribution in [0.5, 0.6) is 0 Å². The van der Waals surface area contributed by atoms with E-state index in [1.54, 1.807) is 26.0 Å². The van der Waals surface area contributed by atoms with Crippen molar-refractivity contribution in [3.05, 3.63) is 23.3 Å². The van der Waals surface area contributed by atoms with E-state index in [1.807, 2.05) is 13.8 Å². The minimum absolute atomic E-state index is 0.477. The topological polar surface area (TPSA) is 149 Å². The number of rotatable bonds is 4. The SMILES string of the molecule is CC=C(CC)C(=O)O.CC=C(CC)C(=O)O.O=C(O)C(=O)O. The van der Waals surface area contributed by atoms with Crippen LogP contribution in [0.15, 0.2) is 23.3 Å². The van der Waals surface area contributed by atoms with Crippen LogP contribution in [0.25, 0.3) is 0 Å². The summed E-state index contributed by atoms with van der Waals surface area (Å²) in [5, 5.41) is 31.4. The zero-order valence-corrected chi connectivity index (χ0v) is 13.0. The average molecular weight is 318 g/mol. The molecular weight excluding hydrogens is 296 g/mol. The molecule has 0 radical (unpaired) electrons. The first-order valence-electron chi connectivity index (χ1n) is 6.31. The number of carboxylic acids is 4. The van der Waals surface area contributed by atoms with Crippen molar-refractivity contribution in [3.8, 4) is 0 Å². The first-order chi connectivity index (χ1) is 10.1. The van der Waals surface area contributed by atoms with Crippen molar-refractivity contribution in [2.24, 2.45) is 0 Å². The Bertz CT molecular complexity index is 404. The van der Waals surface area contributed by atoms with Gasteiger partial charge in [0, 0.05) is 11.1 Å². The second-order valence-corrected chi connectivity index (χ2v) is 3.56. The summed E-state index contributed by atoms with van der Waals surface area (Å²) in [6.07, 6.45) is 4.43. The standard InChI is InChI=1S/2C6H10O2.C2H2O4/c2*1-3-5(4-2)6(7)8;3-1(4)2(5)6/h2*3H,4H2,1-2H3,(H,7,8);(H,3,4)(H,5,6). The molecule has 0 unspecified atom stereocenters. The molecule has 0 aromatic carbocycles. The molecule has 8 heteroatoms. The van der Waals surface area contributed by atoms with E-state index < -0.39 is 23.9 Å². The van der Waals surface area contributed by atoms with Crippen LogP contribution < -0.4 is 0 Å². The summed E-state index contributed by atoms with van der Waals surface area (Å²) < 4.78 is 0. The van der Waals surface area contributed by atoms with Gasteiger partial charge >= 0.3 is 23.9 Å². The first-order valence-corrected chi connectivity index (χ1v) is 6.31. The highest BCUT2D eigenvalue weighted by molar-refractivity contribution is 6.27. The van der Waals surface area contributed by atoms with Crippen LogP contribution >= 0.6 is 0 Å². The van der Waals surface area contributed by atoms with Gasteiger partial charge in [-0.1, -0.05) is 26.0 Å². The first kappa shape index (κ1) is 24.4. The maximum Gasteiger partial charge on any atom is 0.414 e. The van der Waals surface area contributed by atoms with Crippen molar-refractivity contribution < 1.29 is 39.6 Å². The predicted octanol–water partition coefficient (Wildman–Crippen LogP) is 2.01. The summed E-state index contributed by atoms with van der Waals surface area (Å²) in [6, 6.07) is 0. The van der Waals surface area contributed by atoms with Crippen LogP contribution in [0.4, 0.5) is 0 Å². The van der Waals surface area contributed by atoms with Gasteiger partial charge in [-0.25, -0.2) is 19.2 Å². The van der Waals surface area contributed by atoms with Gasteiger partial charge < -0.3 is 20.4 Å². The highest BCUT2D eigenvalue weighted by Gasteiger charge is 2.04. The summed E-state index contributed by atoms with van der Waals surface area (Å²) in [5.74, 6) is -5.27. The lowest BCUT2D eigenvalue weighted by Crippen LogP contribution is -2.09. The van der Waals surface area contributed by atoms with E-state index in [0.717, 1.165) is 0 Å². The number of allylic oxidation sites excluding steroid dienone is 2. The quantitative estimate of drug-likeness (QED) is 0.454. The molecule has 0 saturated heterocycles. The molecule has 0 amide bonds. The van der Waals surface area contributed by atoms with Crippen molar-refractivity contribution in [3.63, 3.8) is 0 Å². The van der Waals surface area contributed by atoms with Crippen LogP contribution in [-0.2, 0) is 19.2 Å². The number of hydrogen-bond donors (Lipinski definition) is 4. The van der Waals surface area contributed by atoms with Crippen LogP contribution in [0, 0.1) is 0 Å². The van der Waals surface area contributed by atoms with Crippen LogP contribution in [0.3, 0.4) is 0 Å². The van der Waals surface area contributed by atoms with Gasteiger partial charge in [-0.3, -0.25) is 0 Å². The Kier molecular flexibility index (Phi) is 16.4. The van der Waals surface area contributed by atoms with Gasteiger partial charge in [0.05, 0.1) is 0 Å². The monoisotopic (exact) mass is 318 g/mol. The summed E-state index contributed by atoms with van der Waals surface area (Å²) in [4.78, 5) is 38.4. The molecule has 22 heavy (non-hydrogen) atoms. The zero-order valence-electron chi connectivity index (χ0n) is 13.0. The lowest BCUT2D eigenvalue weighted by atomic mass is 10.2. The average Bonchev–Trinajstić information content (AvgIpc) is 2.42. The third-order valence-corrected chi connectivity index (χ3v) is 2.19. The van der Waals surface area contributed by atoms with E-state index >= 15 is 0 Å². The maximum atomic E-state index is 10.1. The van der Waals surface area contributed by atoms with E-state index in [4.69, 9.17) is 30.0 Å². The Morgan fingerprint density at radius 1 is 0.636 bits per heavy atom. The lowest BCUT2D eigenvalue weighted by molar-refractivity contribution is -0.159. The third kappa shape index (κ3) is 15.4. The van der Waals surface area contributed by atoms with Crippen LogP contribution in [-0.4, -0.2) is 44.3 Å². The number of hydrogen-bond acceptors (Lipinski definition) is 4. The zero-order chi connectivity index (χ0) is 18.3. The number of carboxylic acid groups (broad SMARTS) is 4. The molecule has 0 aliphatic carbocycles. The van der Waals surface area contributed by atoms with Crippen molar-refractivity contribution in [2.45, 2.75) is 40.5 Å². The van der Waals surface area contributed by atoms with Crippen LogP contribution in [0.1, 0.15) is 40.5 Å². The largest absolute Gasteiger partial charge is 0.478 e. The molecule has 0 spiro atoms. The molecule has 0 aromatic heterocycles. The maximum absolute atomic E-state index is 10.1. The van der Waals surface area contributed by atoms with E-state index in [0.29, 0.717) is 24.0 Å². The Morgan fingerprint density at radius 3 is 0.864 bits per heavy atom. The van der Waals surface area contributed by atoms with Gasteiger partial charge in [0.1, 0.15) is 0 Å². The van der Waals surface area contributed by atoms with Gasteiger partial charge in [-0.05, 0) is 26.7 Å². The fourth-order valence-corrected chi connectivity index (χ4v) is 0.958. The van der Waals surface area contributed by atoms with E-state index in [2.05, 4.69) is 0 Å². The smallest absolute Gasteiger partial charge is 0.414 e. The Labute approximate surface area is 128 Å². The molecule has 0 rings (SSSR count). The van der Waals surface area contributed by atoms with E-state index in [1.165, 1.54) is 0 Å². The highest BCUT2D eigenvalue weighted by Crippen LogP contribution is 1.98. The molecule has 126 valence electrons. The Morgan fingerprint density at radius 2 is 0.864 bits per heavy atom. The van der Waals surface area contributed by atoms with Gasteiger partial charge in [0.25, 0.3) is 0 Å². The number of aliphatic carboxylic acids is 4. The molecule has 0 bridgehead atoms. The fraction of sp³-hybridized carbons (Fsp3) is 0.429. The van der Waals surface area contributed by atoms with Crippen LogP contribution in [0.2, 0.25) is 0 Å². The van der Waals surface area contributed by atoms with Gasteiger partial charge in [0.2, 0.25) is 0 Å². The molecule has 0 saturated carbocycles. The normalized spacial score (nSPS) is 10.4. The van der Waals surface area contributed by atoms with E-state index in [-0.39, 0.29) is 0 Å². The van der Waals surface area contributed by atoms with E-state index in [9.17, 15) is 9.59 Å². The predicted molar refractivity (Wildman–Crippen MR) is 78.6 cm³/mol. The van der Waals surface area contributed by atoms with Crippen molar-refractivity contribution >= 4 is 23.9 Å². The van der Waals surface area contributed by atoms with Crippen molar-refractivity contribution in [1.29, 1.82) is 0 Å². The molecule has 0 aromatic rings. The molecule has 0 aliphatic rings. The number of carbonyl (C=O) groups is 4. The Hall–Kier alpha value is -2.64. The summed E-state index contributed by atoms with van der Waals surface area (Å²) >= 11 is 0. The second-order valence-electron chi connectivity index (χ2n) is 3.56. The summed E-state index contributed by atoms with van der Waals surface area (Å²) in [7, 11) is 0. The third-order valence-electron chi connectivity index (χ3n) is 2.19. The van der Waals surface area contributed by atoms with Crippen molar-refractivity contribution in [1.82, 2.24) is 0 Å². The molecule has 0 heterocycles. The minimum atomic E-state index is -1.82. The molecule has 0 atom stereocenters. The lowest BCUT2D eigenvalue weighted by Gasteiger charge is -1.91. The molecular formula is C14H22O8. The second kappa shape index (κ2) is 14.8. The highest BCUT2D eigenvalue weighted by atomic mass is 16.4. The Balaban J connectivity index is -0.000000249. The van der Waals surface area contributed by atoms with Gasteiger partial charge in [-0.2, -0.15) is 0 Å². The van der Waals surface area contributed by atoms with Gasteiger partial charge in [0.15, 0.2) is 0 Å². The van der Waals surface area contributed by atoms with Crippen molar-refractivity contribution in [2.75, 3.05) is 0 Å². The summed E-state index contributed by atoms with van der Waals surface area (Å²) in [5.41, 5.74) is 0.954.